The van der Waals surface area contributed by atoms with Crippen molar-refractivity contribution >= 4 is 56.5 Å². The van der Waals surface area contributed by atoms with Gasteiger partial charge in [0, 0.05) is 26.3 Å². The van der Waals surface area contributed by atoms with Gasteiger partial charge in [-0.15, -0.1) is 0 Å². The van der Waals surface area contributed by atoms with Crippen LogP contribution in [-0.2, 0) is 11.2 Å². The Morgan fingerprint density at radius 1 is 1.14 bits per heavy atom. The second-order valence-electron chi connectivity index (χ2n) is 4.67. The molecule has 1 aliphatic heterocycles. The van der Waals surface area contributed by atoms with Gasteiger partial charge < -0.3 is 5.32 Å². The maximum absolute atomic E-state index is 12.6. The number of fused-ring (bicyclic) bond motifs is 1. The summed E-state index contributed by atoms with van der Waals surface area (Å²) >= 11 is 15.4. The summed E-state index contributed by atoms with van der Waals surface area (Å²) in [6.07, 6.45) is 0.259. The van der Waals surface area contributed by atoms with Crippen molar-refractivity contribution in [2.45, 2.75) is 6.42 Å². The molecule has 1 amide bonds. The van der Waals surface area contributed by atoms with E-state index in [0.717, 1.165) is 5.56 Å². The lowest BCUT2D eigenvalue weighted by Gasteiger charge is -2.08. The van der Waals surface area contributed by atoms with Crippen LogP contribution in [-0.4, -0.2) is 11.7 Å². The minimum absolute atomic E-state index is 0.0988. The number of ketones is 1. The predicted octanol–water partition coefficient (Wildman–Crippen LogP) is 4.48. The van der Waals surface area contributed by atoms with Gasteiger partial charge in [0.15, 0.2) is 5.78 Å². The zero-order valence-electron chi connectivity index (χ0n) is 10.5. The van der Waals surface area contributed by atoms with Crippen LogP contribution >= 0.6 is 39.1 Å². The van der Waals surface area contributed by atoms with Crippen molar-refractivity contribution in [1.29, 1.82) is 0 Å². The lowest BCUT2D eigenvalue weighted by atomic mass is 10.00. The van der Waals surface area contributed by atoms with Crippen LogP contribution in [0.3, 0.4) is 0 Å². The number of rotatable bonds is 2. The van der Waals surface area contributed by atoms with Crippen LogP contribution in [0.5, 0.6) is 0 Å². The molecule has 0 unspecified atom stereocenters. The molecule has 6 heteroatoms. The van der Waals surface area contributed by atoms with Gasteiger partial charge in [0.1, 0.15) is 0 Å². The molecule has 3 rings (SSSR count). The second-order valence-corrected chi connectivity index (χ2v) is 6.37. The van der Waals surface area contributed by atoms with Gasteiger partial charge in [0.25, 0.3) is 0 Å². The summed E-state index contributed by atoms with van der Waals surface area (Å²) in [4.78, 5) is 24.0. The highest BCUT2D eigenvalue weighted by atomic mass is 79.9. The van der Waals surface area contributed by atoms with Crippen LogP contribution in [0.25, 0.3) is 0 Å². The van der Waals surface area contributed by atoms with Crippen molar-refractivity contribution in [2.24, 2.45) is 0 Å². The van der Waals surface area contributed by atoms with Crippen LogP contribution in [0.4, 0.5) is 5.69 Å². The third-order valence-corrected chi connectivity index (χ3v) is 4.44. The summed E-state index contributed by atoms with van der Waals surface area (Å²) in [6.45, 7) is 0. The molecule has 1 aliphatic rings. The average molecular weight is 385 g/mol. The molecule has 3 nitrogen and oxygen atoms in total. The van der Waals surface area contributed by atoms with Crippen LogP contribution in [0.1, 0.15) is 21.5 Å². The summed E-state index contributed by atoms with van der Waals surface area (Å²) in [7, 11) is 0. The zero-order chi connectivity index (χ0) is 15.1. The Kier molecular flexibility index (Phi) is 3.78. The molecule has 0 radical (unpaired) electrons. The van der Waals surface area contributed by atoms with E-state index in [0.29, 0.717) is 31.3 Å². The van der Waals surface area contributed by atoms with E-state index < -0.39 is 0 Å². The average Bonchev–Trinajstić information content (AvgIpc) is 2.76. The lowest BCUT2D eigenvalue weighted by Crippen LogP contribution is -2.04. The highest BCUT2D eigenvalue weighted by molar-refractivity contribution is 9.10. The summed E-state index contributed by atoms with van der Waals surface area (Å²) in [5.41, 5.74) is 2.28. The minimum Gasteiger partial charge on any atom is -0.325 e. The standard InChI is InChI=1S/C15H8BrCl2NO2/c16-11-5-8(17)1-2-9(11)15(21)10-3-7-4-14(20)19-13(7)6-12(10)18/h1-3,5-6H,4H2,(H,19,20). The van der Waals surface area contributed by atoms with Crippen molar-refractivity contribution in [3.63, 3.8) is 0 Å². The normalized spacial score (nSPS) is 13.0. The molecule has 0 bridgehead atoms. The first-order valence-corrected chi connectivity index (χ1v) is 7.62. The van der Waals surface area contributed by atoms with Crippen LogP contribution < -0.4 is 5.32 Å². The molecule has 1 N–H and O–H groups in total. The second kappa shape index (κ2) is 5.44. The minimum atomic E-state index is -0.217. The first kappa shape index (κ1) is 14.6. The van der Waals surface area contributed by atoms with Gasteiger partial charge in [-0.1, -0.05) is 23.2 Å². The number of nitrogens with one attached hydrogen (secondary N) is 1. The molecular formula is C15H8BrCl2NO2. The van der Waals surface area contributed by atoms with E-state index in [4.69, 9.17) is 23.2 Å². The van der Waals surface area contributed by atoms with Crippen molar-refractivity contribution in [3.8, 4) is 0 Å². The highest BCUT2D eigenvalue weighted by Gasteiger charge is 2.23. The lowest BCUT2D eigenvalue weighted by molar-refractivity contribution is -0.115. The molecule has 0 aromatic heterocycles. The van der Waals surface area contributed by atoms with Gasteiger partial charge in [-0.3, -0.25) is 9.59 Å². The number of carbonyl (C=O) groups is 2. The van der Waals surface area contributed by atoms with E-state index in [1.54, 1.807) is 30.3 Å². The smallest absolute Gasteiger partial charge is 0.228 e. The Labute approximate surface area is 139 Å². The fourth-order valence-corrected chi connectivity index (χ4v) is 3.35. The van der Waals surface area contributed by atoms with Gasteiger partial charge in [0.05, 0.1) is 11.4 Å². The van der Waals surface area contributed by atoms with Crippen molar-refractivity contribution < 1.29 is 9.59 Å². The quantitative estimate of drug-likeness (QED) is 0.775. The number of hydrogen-bond donors (Lipinski definition) is 1. The summed E-state index contributed by atoms with van der Waals surface area (Å²) < 4.78 is 0.603. The topological polar surface area (TPSA) is 46.2 Å². The molecule has 0 fully saturated rings. The Morgan fingerprint density at radius 2 is 1.90 bits per heavy atom. The fraction of sp³-hybridized carbons (Fsp3) is 0.0667. The predicted molar refractivity (Wildman–Crippen MR) is 86.4 cm³/mol. The number of anilines is 1. The van der Waals surface area contributed by atoms with Crippen molar-refractivity contribution in [2.75, 3.05) is 5.32 Å². The summed E-state index contributed by atoms with van der Waals surface area (Å²) in [5.74, 6) is -0.316. The Morgan fingerprint density at radius 3 is 2.62 bits per heavy atom. The molecule has 106 valence electrons. The first-order chi connectivity index (χ1) is 9.95. The SMILES string of the molecule is O=C1Cc2cc(C(=O)c3ccc(Cl)cc3Br)c(Cl)cc2N1. The van der Waals surface area contributed by atoms with Gasteiger partial charge in [-0.2, -0.15) is 0 Å². The molecule has 0 aliphatic carbocycles. The molecule has 1 heterocycles. The van der Waals surface area contributed by atoms with E-state index in [2.05, 4.69) is 21.2 Å². The molecule has 0 spiro atoms. The molecular weight excluding hydrogens is 377 g/mol. The van der Waals surface area contributed by atoms with E-state index in [9.17, 15) is 9.59 Å². The maximum Gasteiger partial charge on any atom is 0.228 e. The third-order valence-electron chi connectivity index (χ3n) is 3.24. The monoisotopic (exact) mass is 383 g/mol. The van der Waals surface area contributed by atoms with Gasteiger partial charge >= 0.3 is 0 Å². The number of hydrogen-bond acceptors (Lipinski definition) is 2. The first-order valence-electron chi connectivity index (χ1n) is 6.08. The van der Waals surface area contributed by atoms with Crippen LogP contribution in [0.2, 0.25) is 10.0 Å². The van der Waals surface area contributed by atoms with E-state index in [-0.39, 0.29) is 18.1 Å². The van der Waals surface area contributed by atoms with E-state index >= 15 is 0 Å². The summed E-state index contributed by atoms with van der Waals surface area (Å²) in [6, 6.07) is 8.21. The Bertz CT molecular complexity index is 789. The molecule has 2 aromatic rings. The number of amides is 1. The Balaban J connectivity index is 2.06. The molecule has 21 heavy (non-hydrogen) atoms. The number of benzene rings is 2. The highest BCUT2D eigenvalue weighted by Crippen LogP contribution is 2.32. The third kappa shape index (κ3) is 2.71. The van der Waals surface area contributed by atoms with Crippen LogP contribution in [0, 0.1) is 0 Å². The summed E-state index contributed by atoms with van der Waals surface area (Å²) in [5, 5.41) is 3.55. The maximum atomic E-state index is 12.6. The largest absolute Gasteiger partial charge is 0.325 e. The van der Waals surface area contributed by atoms with E-state index in [1.807, 2.05) is 0 Å². The Hall–Kier alpha value is -1.36. The van der Waals surface area contributed by atoms with Gasteiger partial charge in [0.2, 0.25) is 5.91 Å². The van der Waals surface area contributed by atoms with Crippen molar-refractivity contribution in [3.05, 3.63) is 61.5 Å². The molecule has 0 atom stereocenters. The molecule has 0 saturated carbocycles. The number of carbonyl (C=O) groups excluding carboxylic acids is 2. The molecule has 2 aromatic carbocycles. The van der Waals surface area contributed by atoms with Crippen molar-refractivity contribution in [1.82, 2.24) is 0 Å². The van der Waals surface area contributed by atoms with Crippen LogP contribution in [0.15, 0.2) is 34.8 Å². The van der Waals surface area contributed by atoms with Gasteiger partial charge in [-0.05, 0) is 51.8 Å². The number of halogens is 3. The molecule has 0 saturated heterocycles. The van der Waals surface area contributed by atoms with Gasteiger partial charge in [-0.25, -0.2) is 0 Å². The van der Waals surface area contributed by atoms with E-state index in [1.165, 1.54) is 0 Å². The fourth-order valence-electron chi connectivity index (χ4n) is 2.24. The zero-order valence-corrected chi connectivity index (χ0v) is 13.6.